The van der Waals surface area contributed by atoms with E-state index in [1.54, 1.807) is 11.1 Å². The Balaban J connectivity index is 1.58. The molecule has 0 saturated carbocycles. The molecule has 150 valence electrons. The standard InChI is InChI=1S/C30H25N/c1-3-9-21(10-4-1)24-16-17-27-26-15-14-22-11-6-7-12-23(22)25(26)18-19-28(27)30(24)29-13-5-2-8-20-31-29/h1-13,18-20,31H,14-17H2. The first kappa shape index (κ1) is 18.2. The smallest absolute Gasteiger partial charge is 0.0462 e. The van der Waals surface area contributed by atoms with Crippen LogP contribution >= 0.6 is 0 Å². The van der Waals surface area contributed by atoms with Gasteiger partial charge in [0.15, 0.2) is 0 Å². The van der Waals surface area contributed by atoms with Crippen LogP contribution in [0, 0.1) is 0 Å². The second-order valence-corrected chi connectivity index (χ2v) is 8.46. The van der Waals surface area contributed by atoms with Crippen LogP contribution < -0.4 is 5.32 Å². The third kappa shape index (κ3) is 3.09. The summed E-state index contributed by atoms with van der Waals surface area (Å²) in [4.78, 5) is 0. The van der Waals surface area contributed by atoms with Gasteiger partial charge in [0.05, 0.1) is 0 Å². The predicted octanol–water partition coefficient (Wildman–Crippen LogP) is 6.87. The minimum atomic E-state index is 1.07. The van der Waals surface area contributed by atoms with E-state index in [1.807, 2.05) is 6.20 Å². The molecule has 1 N–H and O–H groups in total. The first-order chi connectivity index (χ1) is 15.4. The van der Waals surface area contributed by atoms with Crippen LogP contribution in [-0.2, 0) is 19.3 Å². The van der Waals surface area contributed by atoms with Crippen molar-refractivity contribution in [1.29, 1.82) is 0 Å². The summed E-state index contributed by atoms with van der Waals surface area (Å²) in [6, 6.07) is 24.5. The van der Waals surface area contributed by atoms with Gasteiger partial charge >= 0.3 is 0 Å². The average molecular weight is 400 g/mol. The Morgan fingerprint density at radius 1 is 0.581 bits per heavy atom. The second kappa shape index (κ2) is 7.59. The van der Waals surface area contributed by atoms with Gasteiger partial charge in [-0.15, -0.1) is 0 Å². The number of fused-ring (bicyclic) bond motifs is 5. The SMILES string of the molecule is C1=CC=C(C2=C(c3ccccc3)CCc3c2ccc2c3CCc3ccccc3-2)NC=C1. The molecule has 1 nitrogen and oxygen atoms in total. The van der Waals surface area contributed by atoms with Crippen molar-refractivity contribution >= 4 is 11.1 Å². The average Bonchev–Trinajstić information content (AvgIpc) is 3.13. The van der Waals surface area contributed by atoms with Crippen LogP contribution in [0.4, 0.5) is 0 Å². The molecule has 1 heterocycles. The molecular formula is C30H25N. The van der Waals surface area contributed by atoms with E-state index in [-0.39, 0.29) is 0 Å². The highest BCUT2D eigenvalue weighted by molar-refractivity contribution is 6.01. The Labute approximate surface area is 184 Å². The van der Waals surface area contributed by atoms with Crippen molar-refractivity contribution in [3.05, 3.63) is 131 Å². The van der Waals surface area contributed by atoms with Crippen molar-refractivity contribution in [2.24, 2.45) is 0 Å². The van der Waals surface area contributed by atoms with E-state index in [2.05, 4.69) is 96.4 Å². The number of benzene rings is 3. The van der Waals surface area contributed by atoms with Gasteiger partial charge in [0, 0.05) is 17.5 Å². The fourth-order valence-electron chi connectivity index (χ4n) is 5.40. The van der Waals surface area contributed by atoms with Crippen molar-refractivity contribution in [3.8, 4) is 11.1 Å². The molecule has 31 heavy (non-hydrogen) atoms. The number of nitrogens with one attached hydrogen (secondary N) is 1. The summed E-state index contributed by atoms with van der Waals surface area (Å²) in [6.07, 6.45) is 15.0. The fourth-order valence-corrected chi connectivity index (χ4v) is 5.40. The van der Waals surface area contributed by atoms with Gasteiger partial charge in [-0.05, 0) is 82.4 Å². The summed E-state index contributed by atoms with van der Waals surface area (Å²) in [5, 5.41) is 3.55. The van der Waals surface area contributed by atoms with E-state index in [1.165, 1.54) is 44.7 Å². The maximum Gasteiger partial charge on any atom is 0.0462 e. The van der Waals surface area contributed by atoms with Crippen LogP contribution in [0.3, 0.4) is 0 Å². The van der Waals surface area contributed by atoms with E-state index >= 15 is 0 Å². The molecule has 2 aliphatic carbocycles. The third-order valence-corrected chi connectivity index (χ3v) is 6.79. The predicted molar refractivity (Wildman–Crippen MR) is 130 cm³/mol. The number of rotatable bonds is 2. The summed E-state index contributed by atoms with van der Waals surface area (Å²) >= 11 is 0. The maximum absolute atomic E-state index is 3.55. The zero-order valence-corrected chi connectivity index (χ0v) is 17.6. The lowest BCUT2D eigenvalue weighted by molar-refractivity contribution is 0.888. The summed E-state index contributed by atoms with van der Waals surface area (Å²) in [7, 11) is 0. The van der Waals surface area contributed by atoms with E-state index in [4.69, 9.17) is 0 Å². The minimum absolute atomic E-state index is 1.07. The number of aryl methyl sites for hydroxylation is 1. The normalized spacial score (nSPS) is 16.6. The van der Waals surface area contributed by atoms with Gasteiger partial charge < -0.3 is 5.32 Å². The molecule has 0 aromatic heterocycles. The summed E-state index contributed by atoms with van der Waals surface area (Å²) in [5.41, 5.74) is 14.1. The fraction of sp³-hybridized carbons (Fsp3) is 0.133. The molecule has 0 atom stereocenters. The first-order valence-electron chi connectivity index (χ1n) is 11.2. The lowest BCUT2D eigenvalue weighted by atomic mass is 9.74. The Morgan fingerprint density at radius 3 is 2.29 bits per heavy atom. The topological polar surface area (TPSA) is 12.0 Å². The Bertz CT molecular complexity index is 1290. The number of allylic oxidation sites excluding steroid dienone is 6. The largest absolute Gasteiger partial charge is 0.361 e. The molecule has 1 aliphatic heterocycles. The highest BCUT2D eigenvalue weighted by Gasteiger charge is 2.27. The zero-order valence-electron chi connectivity index (χ0n) is 17.6. The molecule has 6 rings (SSSR count). The Hall–Kier alpha value is -3.58. The van der Waals surface area contributed by atoms with Gasteiger partial charge in [-0.2, -0.15) is 0 Å². The van der Waals surface area contributed by atoms with E-state index in [9.17, 15) is 0 Å². The molecule has 3 aromatic rings. The summed E-state index contributed by atoms with van der Waals surface area (Å²) in [5.74, 6) is 0. The summed E-state index contributed by atoms with van der Waals surface area (Å²) < 4.78 is 0. The van der Waals surface area contributed by atoms with Crippen LogP contribution in [0.15, 0.2) is 103 Å². The van der Waals surface area contributed by atoms with Crippen LogP contribution in [-0.4, -0.2) is 0 Å². The van der Waals surface area contributed by atoms with Gasteiger partial charge in [0.2, 0.25) is 0 Å². The Kier molecular flexibility index (Phi) is 4.46. The van der Waals surface area contributed by atoms with E-state index in [0.29, 0.717) is 0 Å². The van der Waals surface area contributed by atoms with Crippen LogP contribution in [0.5, 0.6) is 0 Å². The van der Waals surface area contributed by atoms with Crippen LogP contribution in [0.2, 0.25) is 0 Å². The molecule has 0 bridgehead atoms. The zero-order chi connectivity index (χ0) is 20.6. The molecule has 0 fully saturated rings. The monoisotopic (exact) mass is 399 g/mol. The van der Waals surface area contributed by atoms with Crippen molar-refractivity contribution < 1.29 is 0 Å². The Morgan fingerprint density at radius 2 is 1.35 bits per heavy atom. The van der Waals surface area contributed by atoms with Crippen LogP contribution in [0.25, 0.3) is 22.3 Å². The second-order valence-electron chi connectivity index (χ2n) is 8.46. The van der Waals surface area contributed by atoms with Crippen molar-refractivity contribution in [3.63, 3.8) is 0 Å². The molecule has 3 aromatic carbocycles. The first-order valence-corrected chi connectivity index (χ1v) is 11.2. The van der Waals surface area contributed by atoms with Gasteiger partial charge in [0.25, 0.3) is 0 Å². The third-order valence-electron chi connectivity index (χ3n) is 6.79. The van der Waals surface area contributed by atoms with E-state index in [0.717, 1.165) is 25.7 Å². The number of hydrogen-bond acceptors (Lipinski definition) is 1. The molecule has 1 heteroatoms. The van der Waals surface area contributed by atoms with E-state index < -0.39 is 0 Å². The van der Waals surface area contributed by atoms with Crippen LogP contribution in [0.1, 0.15) is 34.2 Å². The van der Waals surface area contributed by atoms with Crippen molar-refractivity contribution in [2.45, 2.75) is 25.7 Å². The molecule has 0 saturated heterocycles. The highest BCUT2D eigenvalue weighted by Crippen LogP contribution is 2.45. The molecule has 0 spiro atoms. The molecule has 0 unspecified atom stereocenters. The van der Waals surface area contributed by atoms with Gasteiger partial charge in [0.1, 0.15) is 0 Å². The quantitative estimate of drug-likeness (QED) is 0.496. The molecule has 0 amide bonds. The molecule has 3 aliphatic rings. The maximum atomic E-state index is 3.55. The minimum Gasteiger partial charge on any atom is -0.361 e. The molecular weight excluding hydrogens is 374 g/mol. The van der Waals surface area contributed by atoms with Gasteiger partial charge in [-0.1, -0.05) is 78.9 Å². The number of hydrogen-bond donors (Lipinski definition) is 1. The molecule has 0 radical (unpaired) electrons. The summed E-state index contributed by atoms with van der Waals surface area (Å²) in [6.45, 7) is 0. The lowest BCUT2D eigenvalue weighted by Crippen LogP contribution is -2.16. The van der Waals surface area contributed by atoms with Gasteiger partial charge in [-0.25, -0.2) is 0 Å². The lowest BCUT2D eigenvalue weighted by Gasteiger charge is -2.31. The van der Waals surface area contributed by atoms with Crippen molar-refractivity contribution in [1.82, 2.24) is 5.32 Å². The van der Waals surface area contributed by atoms with Gasteiger partial charge in [-0.3, -0.25) is 0 Å². The van der Waals surface area contributed by atoms with Crippen molar-refractivity contribution in [2.75, 3.05) is 0 Å². The highest BCUT2D eigenvalue weighted by atomic mass is 14.9.